The minimum Gasteiger partial charge on any atom is -0.444 e. The van der Waals surface area contributed by atoms with Crippen molar-refractivity contribution in [2.24, 2.45) is 5.92 Å². The number of ether oxygens (including phenoxy) is 1. The van der Waals surface area contributed by atoms with E-state index in [1.807, 2.05) is 20.8 Å². The number of carbonyl (C=O) groups excluding carboxylic acids is 1. The summed E-state index contributed by atoms with van der Waals surface area (Å²) in [6.07, 6.45) is 7.00. The lowest BCUT2D eigenvalue weighted by molar-refractivity contribution is -0.0282. The maximum absolute atomic E-state index is 12.4. The van der Waals surface area contributed by atoms with E-state index in [0.717, 1.165) is 36.9 Å². The number of hydrogen-bond acceptors (Lipinski definition) is 2. The molecule has 4 heteroatoms. The van der Waals surface area contributed by atoms with Gasteiger partial charge in [-0.25, -0.2) is 4.79 Å². The Hall–Kier alpha value is -0.250. The van der Waals surface area contributed by atoms with E-state index >= 15 is 0 Å². The molecule has 1 amide bonds. The van der Waals surface area contributed by atoms with Gasteiger partial charge in [0.2, 0.25) is 0 Å². The van der Waals surface area contributed by atoms with E-state index in [1.54, 1.807) is 0 Å². The average Bonchev–Trinajstić information content (AvgIpc) is 2.25. The SMILES string of the molecule is CC(C)(C)OC(=O)N1C2CCCC1CC(CCBr)C2. The predicted octanol–water partition coefficient (Wildman–Crippen LogP) is 4.34. The summed E-state index contributed by atoms with van der Waals surface area (Å²) in [5.41, 5.74) is -0.391. The maximum Gasteiger partial charge on any atom is 0.410 e. The van der Waals surface area contributed by atoms with Crippen molar-refractivity contribution in [1.82, 2.24) is 4.90 Å². The molecule has 2 atom stereocenters. The summed E-state index contributed by atoms with van der Waals surface area (Å²) in [5, 5.41) is 1.07. The number of amides is 1. The van der Waals surface area contributed by atoms with Crippen LogP contribution in [-0.2, 0) is 4.74 Å². The Morgan fingerprint density at radius 3 is 2.32 bits per heavy atom. The van der Waals surface area contributed by atoms with E-state index in [1.165, 1.54) is 12.8 Å². The maximum atomic E-state index is 12.4. The topological polar surface area (TPSA) is 29.5 Å². The number of alkyl halides is 1. The molecule has 2 unspecified atom stereocenters. The molecule has 3 nitrogen and oxygen atoms in total. The number of fused-ring (bicyclic) bond motifs is 2. The van der Waals surface area contributed by atoms with Crippen molar-refractivity contribution in [2.45, 2.75) is 77.0 Å². The van der Waals surface area contributed by atoms with Crippen LogP contribution in [0.5, 0.6) is 0 Å². The molecule has 0 aromatic carbocycles. The highest BCUT2D eigenvalue weighted by atomic mass is 79.9. The van der Waals surface area contributed by atoms with Crippen LogP contribution in [0.2, 0.25) is 0 Å². The van der Waals surface area contributed by atoms with Crippen molar-refractivity contribution in [2.75, 3.05) is 5.33 Å². The highest BCUT2D eigenvalue weighted by molar-refractivity contribution is 9.09. The van der Waals surface area contributed by atoms with E-state index in [2.05, 4.69) is 20.8 Å². The van der Waals surface area contributed by atoms with Gasteiger partial charge in [-0.15, -0.1) is 0 Å². The van der Waals surface area contributed by atoms with Gasteiger partial charge in [0.05, 0.1) is 0 Å². The molecular formula is C15H26BrNO2. The summed E-state index contributed by atoms with van der Waals surface area (Å²) in [7, 11) is 0. The molecule has 0 saturated carbocycles. The Morgan fingerprint density at radius 1 is 1.26 bits per heavy atom. The number of halogens is 1. The summed E-state index contributed by atoms with van der Waals surface area (Å²) >= 11 is 3.54. The molecule has 2 aliphatic heterocycles. The second kappa shape index (κ2) is 6.02. The third kappa shape index (κ3) is 3.87. The zero-order chi connectivity index (χ0) is 14.0. The number of nitrogens with zero attached hydrogens (tertiary/aromatic N) is 1. The van der Waals surface area contributed by atoms with E-state index in [4.69, 9.17) is 4.74 Å². The van der Waals surface area contributed by atoms with E-state index in [-0.39, 0.29) is 6.09 Å². The molecule has 2 saturated heterocycles. The summed E-state index contributed by atoms with van der Waals surface area (Å²) in [4.78, 5) is 14.4. The summed E-state index contributed by atoms with van der Waals surface area (Å²) < 4.78 is 5.59. The standard InChI is InChI=1S/C15H26BrNO2/c1-15(2,3)19-14(18)17-12-5-4-6-13(17)10-11(9-12)7-8-16/h11-13H,4-10H2,1-3H3. The zero-order valence-corrected chi connectivity index (χ0v) is 13.9. The molecule has 19 heavy (non-hydrogen) atoms. The number of rotatable bonds is 2. The average molecular weight is 332 g/mol. The van der Waals surface area contributed by atoms with Gasteiger partial charge in [0.1, 0.15) is 5.60 Å². The Kier molecular flexibility index (Phi) is 4.80. The normalized spacial score (nSPS) is 31.2. The summed E-state index contributed by atoms with van der Waals surface area (Å²) in [6.45, 7) is 5.83. The summed E-state index contributed by atoms with van der Waals surface area (Å²) in [6, 6.07) is 0.817. The first-order valence-corrected chi connectivity index (χ1v) is 8.60. The number of hydrogen-bond donors (Lipinski definition) is 0. The van der Waals surface area contributed by atoms with Gasteiger partial charge in [-0.05, 0) is 65.2 Å². The third-order valence-electron chi connectivity index (χ3n) is 4.19. The molecule has 0 aromatic rings. The van der Waals surface area contributed by atoms with Gasteiger partial charge in [0.15, 0.2) is 0 Å². The van der Waals surface area contributed by atoms with E-state index < -0.39 is 5.60 Å². The van der Waals surface area contributed by atoms with Crippen LogP contribution < -0.4 is 0 Å². The van der Waals surface area contributed by atoms with Gasteiger partial charge in [0.25, 0.3) is 0 Å². The molecule has 2 heterocycles. The minimum atomic E-state index is -0.391. The molecule has 0 spiro atoms. The van der Waals surface area contributed by atoms with Crippen molar-refractivity contribution >= 4 is 22.0 Å². The Bertz CT molecular complexity index is 313. The molecule has 2 bridgehead atoms. The zero-order valence-electron chi connectivity index (χ0n) is 12.3. The lowest BCUT2D eigenvalue weighted by Crippen LogP contribution is -2.55. The van der Waals surface area contributed by atoms with Crippen LogP contribution in [0.15, 0.2) is 0 Å². The lowest BCUT2D eigenvalue weighted by Gasteiger charge is -2.48. The van der Waals surface area contributed by atoms with Crippen molar-refractivity contribution in [3.05, 3.63) is 0 Å². The van der Waals surface area contributed by atoms with Crippen molar-refractivity contribution in [1.29, 1.82) is 0 Å². The highest BCUT2D eigenvalue weighted by Gasteiger charge is 2.42. The molecule has 2 fully saturated rings. The fourth-order valence-corrected chi connectivity index (χ4v) is 4.14. The first kappa shape index (κ1) is 15.1. The van der Waals surface area contributed by atoms with Gasteiger partial charge >= 0.3 is 6.09 Å². The van der Waals surface area contributed by atoms with Gasteiger partial charge in [-0.3, -0.25) is 0 Å². The first-order chi connectivity index (χ1) is 8.90. The van der Waals surface area contributed by atoms with Crippen LogP contribution in [0, 0.1) is 5.92 Å². The number of carbonyl (C=O) groups is 1. The van der Waals surface area contributed by atoms with Crippen LogP contribution in [0.3, 0.4) is 0 Å². The van der Waals surface area contributed by atoms with Gasteiger partial charge in [0, 0.05) is 17.4 Å². The fraction of sp³-hybridized carbons (Fsp3) is 0.933. The number of piperidine rings is 2. The second-order valence-corrected chi connectivity index (χ2v) is 7.73. The smallest absolute Gasteiger partial charge is 0.410 e. The lowest BCUT2D eigenvalue weighted by atomic mass is 9.77. The molecule has 110 valence electrons. The molecule has 2 rings (SSSR count). The Balaban J connectivity index is 2.03. The molecule has 0 aliphatic carbocycles. The van der Waals surface area contributed by atoms with Crippen LogP contribution in [-0.4, -0.2) is 34.0 Å². The summed E-state index contributed by atoms with van der Waals surface area (Å²) in [5.74, 6) is 0.772. The van der Waals surface area contributed by atoms with E-state index in [9.17, 15) is 4.79 Å². The van der Waals surface area contributed by atoms with Crippen LogP contribution in [0.4, 0.5) is 4.79 Å². The van der Waals surface area contributed by atoms with Crippen LogP contribution in [0.1, 0.15) is 59.3 Å². The highest BCUT2D eigenvalue weighted by Crippen LogP contribution is 2.39. The van der Waals surface area contributed by atoms with Crippen molar-refractivity contribution in [3.63, 3.8) is 0 Å². The van der Waals surface area contributed by atoms with Gasteiger partial charge < -0.3 is 9.64 Å². The third-order valence-corrected chi connectivity index (χ3v) is 4.65. The van der Waals surface area contributed by atoms with Gasteiger partial charge in [-0.2, -0.15) is 0 Å². The van der Waals surface area contributed by atoms with Crippen molar-refractivity contribution in [3.8, 4) is 0 Å². The predicted molar refractivity (Wildman–Crippen MR) is 80.6 cm³/mol. The van der Waals surface area contributed by atoms with Crippen LogP contribution >= 0.6 is 15.9 Å². The second-order valence-electron chi connectivity index (χ2n) is 6.94. The largest absolute Gasteiger partial charge is 0.444 e. The Morgan fingerprint density at radius 2 is 1.84 bits per heavy atom. The quantitative estimate of drug-likeness (QED) is 0.704. The molecule has 0 aromatic heterocycles. The molecule has 0 N–H and O–H groups in total. The molecule has 2 aliphatic rings. The minimum absolute atomic E-state index is 0.0977. The van der Waals surface area contributed by atoms with Crippen molar-refractivity contribution < 1.29 is 9.53 Å². The molecule has 0 radical (unpaired) electrons. The van der Waals surface area contributed by atoms with Gasteiger partial charge in [-0.1, -0.05) is 15.9 Å². The van der Waals surface area contributed by atoms with Crippen LogP contribution in [0.25, 0.3) is 0 Å². The molecular weight excluding hydrogens is 306 g/mol. The van der Waals surface area contributed by atoms with E-state index in [0.29, 0.717) is 12.1 Å². The Labute approximate surface area is 125 Å². The first-order valence-electron chi connectivity index (χ1n) is 7.48. The fourth-order valence-electron chi connectivity index (χ4n) is 3.50. The monoisotopic (exact) mass is 331 g/mol.